The zero-order chi connectivity index (χ0) is 65.8. The molecular formula is C70H104N6O13. The Labute approximate surface area is 529 Å². The van der Waals surface area contributed by atoms with Crippen LogP contribution in [0.15, 0.2) is 78.9 Å². The van der Waals surface area contributed by atoms with Crippen LogP contribution in [0.4, 0.5) is 4.79 Å². The Morgan fingerprint density at radius 1 is 0.506 bits per heavy atom. The van der Waals surface area contributed by atoms with Crippen molar-refractivity contribution >= 4 is 53.5 Å². The largest absolute Gasteiger partial charge is 0.461 e. The summed E-state index contributed by atoms with van der Waals surface area (Å²) in [5, 5.41) is 16.2. The number of hydrogen-bond donors (Lipinski definition) is 6. The van der Waals surface area contributed by atoms with E-state index < -0.39 is 120 Å². The molecule has 0 spiro atoms. The third kappa shape index (κ3) is 26.0. The normalized spacial score (nSPS) is 14.7. The molecule has 4 rings (SSSR count). The number of fused-ring (bicyclic) bond motifs is 3. The monoisotopic (exact) mass is 1240 g/mol. The van der Waals surface area contributed by atoms with Crippen LogP contribution in [0, 0.1) is 23.7 Å². The van der Waals surface area contributed by atoms with Gasteiger partial charge in [0.25, 0.3) is 0 Å². The van der Waals surface area contributed by atoms with Crippen LogP contribution in [-0.2, 0) is 63.9 Å². The van der Waals surface area contributed by atoms with Crippen LogP contribution >= 0.6 is 0 Å². The lowest BCUT2D eigenvalue weighted by Crippen LogP contribution is -2.60. The van der Waals surface area contributed by atoms with Crippen molar-refractivity contribution in [3.8, 4) is 11.1 Å². The number of unbranched alkanes of at least 4 members (excludes halogenated alkanes) is 8. The molecule has 0 aromatic heterocycles. The number of carbonyl (C=O) groups excluding carboxylic acids is 9. The molecule has 0 saturated heterocycles. The Morgan fingerprint density at radius 3 is 1.56 bits per heavy atom. The van der Waals surface area contributed by atoms with E-state index in [4.69, 9.17) is 18.9 Å². The molecule has 1 unspecified atom stereocenters. The third-order valence-electron chi connectivity index (χ3n) is 15.7. The molecule has 0 heterocycles. The topological polar surface area (TPSA) is 263 Å². The van der Waals surface area contributed by atoms with Crippen molar-refractivity contribution in [3.63, 3.8) is 0 Å². The van der Waals surface area contributed by atoms with Crippen LogP contribution in [0.3, 0.4) is 0 Å². The highest BCUT2D eigenvalue weighted by molar-refractivity contribution is 5.98. The van der Waals surface area contributed by atoms with Crippen molar-refractivity contribution in [2.24, 2.45) is 23.7 Å². The average molecular weight is 1240 g/mol. The predicted octanol–water partition coefficient (Wildman–Crippen LogP) is 10.8. The lowest BCUT2D eigenvalue weighted by atomic mass is 9.97. The maximum absolute atomic E-state index is 14.5. The predicted molar refractivity (Wildman–Crippen MR) is 344 cm³/mol. The number of benzene rings is 3. The molecule has 492 valence electrons. The molecule has 19 heteroatoms. The summed E-state index contributed by atoms with van der Waals surface area (Å²) in [5.41, 5.74) is 4.01. The maximum atomic E-state index is 14.5. The summed E-state index contributed by atoms with van der Waals surface area (Å²) in [6.45, 7) is 23.0. The summed E-state index contributed by atoms with van der Waals surface area (Å²) in [7, 11) is 0. The first-order valence-corrected chi connectivity index (χ1v) is 32.5. The van der Waals surface area contributed by atoms with E-state index in [-0.39, 0.29) is 50.2 Å². The SMILES string of the molecule is CCCCCCCCCCCC(CC(=O)OCc1ccccc1)OC(=O)[C@@H](NC(=O)[C@@H](CC(C)C)NC(=O)[C@H](CC(=O)OC(C)(C)C)NC(=O)[C@@H](NC(=O)[C@@H](C)NC(=O)[C@H](CC(C)C)NC(=O)OCC1c2ccccc2-c2ccccc21)C(C)C)[C@@H](C)CC. The number of alkyl carbamates (subject to hydrolysis) is 1. The van der Waals surface area contributed by atoms with Crippen molar-refractivity contribution in [2.45, 2.75) is 247 Å². The second kappa shape index (κ2) is 37.6. The minimum atomic E-state index is -1.63. The first kappa shape index (κ1) is 74.2. The zero-order valence-electron chi connectivity index (χ0n) is 55.3. The van der Waals surface area contributed by atoms with Gasteiger partial charge >= 0.3 is 24.0 Å². The second-order valence-corrected chi connectivity index (χ2v) is 26.1. The highest BCUT2D eigenvalue weighted by atomic mass is 16.6. The summed E-state index contributed by atoms with van der Waals surface area (Å²) in [6.07, 6.45) is 8.29. The number of carbonyl (C=O) groups is 9. The first-order valence-electron chi connectivity index (χ1n) is 32.5. The Balaban J connectivity index is 1.47. The summed E-state index contributed by atoms with van der Waals surface area (Å²) in [4.78, 5) is 126. The fourth-order valence-corrected chi connectivity index (χ4v) is 10.7. The summed E-state index contributed by atoms with van der Waals surface area (Å²) >= 11 is 0. The smallest absolute Gasteiger partial charge is 0.407 e. The van der Waals surface area contributed by atoms with E-state index in [0.29, 0.717) is 19.3 Å². The van der Waals surface area contributed by atoms with Crippen molar-refractivity contribution in [2.75, 3.05) is 6.61 Å². The number of nitrogens with one attached hydrogen (secondary N) is 6. The van der Waals surface area contributed by atoms with E-state index in [0.717, 1.165) is 53.5 Å². The van der Waals surface area contributed by atoms with Crippen molar-refractivity contribution in [3.05, 3.63) is 95.6 Å². The molecule has 19 nitrogen and oxygen atoms in total. The number of hydrogen-bond acceptors (Lipinski definition) is 13. The minimum Gasteiger partial charge on any atom is -0.461 e. The Hall–Kier alpha value is -7.31. The number of ether oxygens (including phenoxy) is 4. The Bertz CT molecular complexity index is 2720. The first-order chi connectivity index (χ1) is 42.2. The van der Waals surface area contributed by atoms with Gasteiger partial charge in [0.1, 0.15) is 61.2 Å². The Morgan fingerprint density at radius 2 is 1.01 bits per heavy atom. The highest BCUT2D eigenvalue weighted by Gasteiger charge is 2.38. The van der Waals surface area contributed by atoms with Crippen LogP contribution in [0.2, 0.25) is 0 Å². The van der Waals surface area contributed by atoms with E-state index in [9.17, 15) is 43.2 Å². The Kier molecular flexibility index (Phi) is 31.4. The molecule has 89 heavy (non-hydrogen) atoms. The summed E-state index contributed by atoms with van der Waals surface area (Å²) in [6, 6.07) is 17.4. The standard InChI is InChI=1S/C70H104N6O13/c1-14-16-17-18-19-20-21-22-26-33-50(40-59(77)86-42-49-31-24-23-25-32-49)88-68(84)62(47(9)15-2)76-66(82)56(38-44(3)4)72-65(81)58(41-60(78)89-70(11,12)13)73-67(83)61(46(7)8)75-63(79)48(10)71-64(80)57(39-45(5)6)74-69(85)87-43-55-53-36-29-27-34-51(53)52-35-28-30-37-54(52)55/h23-25,27-32,34-37,44-48,50,55-58,61-62H,14-22,26,33,38-43H2,1-13H3,(H,71,80)(H,72,81)(H,73,83)(H,74,85)(H,75,79)(H,76,82)/t47-,48+,50?,56+,57-,58-,61-,62-/m0/s1. The molecule has 0 aliphatic heterocycles. The van der Waals surface area contributed by atoms with Crippen molar-refractivity contribution < 1.29 is 62.1 Å². The van der Waals surface area contributed by atoms with Gasteiger partial charge in [-0.2, -0.15) is 0 Å². The van der Waals surface area contributed by atoms with Crippen molar-refractivity contribution in [1.82, 2.24) is 31.9 Å². The molecule has 3 aromatic carbocycles. The van der Waals surface area contributed by atoms with E-state index in [1.54, 1.807) is 41.5 Å². The van der Waals surface area contributed by atoms with Gasteiger partial charge in [-0.1, -0.05) is 199 Å². The number of amides is 6. The van der Waals surface area contributed by atoms with Gasteiger partial charge < -0.3 is 50.8 Å². The van der Waals surface area contributed by atoms with Gasteiger partial charge in [0, 0.05) is 5.92 Å². The summed E-state index contributed by atoms with van der Waals surface area (Å²) < 4.78 is 23.0. The van der Waals surface area contributed by atoms with Gasteiger partial charge in [-0.3, -0.25) is 33.6 Å². The molecule has 0 fully saturated rings. The summed E-state index contributed by atoms with van der Waals surface area (Å²) in [5.74, 6) is -7.53. The van der Waals surface area contributed by atoms with Gasteiger partial charge in [0.2, 0.25) is 29.5 Å². The molecule has 3 aromatic rings. The van der Waals surface area contributed by atoms with Crippen LogP contribution in [0.1, 0.15) is 209 Å². The second-order valence-electron chi connectivity index (χ2n) is 26.1. The van der Waals surface area contributed by atoms with Crippen LogP contribution < -0.4 is 31.9 Å². The van der Waals surface area contributed by atoms with E-state index in [1.165, 1.54) is 32.6 Å². The van der Waals surface area contributed by atoms with E-state index >= 15 is 0 Å². The molecule has 0 bridgehead atoms. The van der Waals surface area contributed by atoms with E-state index in [1.807, 2.05) is 113 Å². The molecule has 1 aliphatic rings. The minimum absolute atomic E-state index is 0.0255. The molecule has 6 amide bonds. The van der Waals surface area contributed by atoms with E-state index in [2.05, 4.69) is 38.8 Å². The molecule has 8 atom stereocenters. The lowest BCUT2D eigenvalue weighted by molar-refractivity contribution is -0.160. The quantitative estimate of drug-likeness (QED) is 0.0177. The van der Waals surface area contributed by atoms with Gasteiger partial charge in [0.05, 0.1) is 12.8 Å². The third-order valence-corrected chi connectivity index (χ3v) is 15.7. The maximum Gasteiger partial charge on any atom is 0.407 e. The van der Waals surface area contributed by atoms with Crippen LogP contribution in [-0.4, -0.2) is 108 Å². The number of rotatable bonds is 38. The van der Waals surface area contributed by atoms with Gasteiger partial charge in [-0.15, -0.1) is 0 Å². The molecule has 0 radical (unpaired) electrons. The van der Waals surface area contributed by atoms with Gasteiger partial charge in [0.15, 0.2) is 0 Å². The lowest BCUT2D eigenvalue weighted by Gasteiger charge is -2.30. The van der Waals surface area contributed by atoms with Crippen molar-refractivity contribution in [1.29, 1.82) is 0 Å². The van der Waals surface area contributed by atoms with Crippen LogP contribution in [0.5, 0.6) is 0 Å². The molecule has 6 N–H and O–H groups in total. The molecule has 0 saturated carbocycles. The highest BCUT2D eigenvalue weighted by Crippen LogP contribution is 2.44. The molecule has 1 aliphatic carbocycles. The van der Waals surface area contributed by atoms with Crippen LogP contribution in [0.25, 0.3) is 11.1 Å². The van der Waals surface area contributed by atoms with Gasteiger partial charge in [-0.05, 0) is 105 Å². The number of esters is 3. The molecular weight excluding hydrogens is 1130 g/mol. The average Bonchev–Trinajstić information content (AvgIpc) is 1.72. The fourth-order valence-electron chi connectivity index (χ4n) is 10.7. The zero-order valence-corrected chi connectivity index (χ0v) is 55.3. The fraction of sp³-hybridized carbons (Fsp3) is 0.614. The van der Waals surface area contributed by atoms with Gasteiger partial charge in [-0.25, -0.2) is 9.59 Å².